The zero-order valence-corrected chi connectivity index (χ0v) is 21.7. The quantitative estimate of drug-likeness (QED) is 0.387. The van der Waals surface area contributed by atoms with Gasteiger partial charge in [0.15, 0.2) is 0 Å². The smallest absolute Gasteiger partial charge is 0.138 e. The zero-order valence-electron chi connectivity index (χ0n) is 21.7. The highest BCUT2D eigenvalue weighted by Gasteiger charge is 2.68. The van der Waals surface area contributed by atoms with Gasteiger partial charge in [0, 0.05) is 11.8 Å². The van der Waals surface area contributed by atoms with Gasteiger partial charge in [-0.05, 0) is 103 Å². The molecule has 0 aromatic rings. The van der Waals surface area contributed by atoms with Gasteiger partial charge in [-0.1, -0.05) is 67.0 Å². The number of hydrogen-bond donors (Lipinski definition) is 0. The van der Waals surface area contributed by atoms with Gasteiger partial charge in [-0.15, -0.1) is 0 Å². The summed E-state index contributed by atoms with van der Waals surface area (Å²) in [5.74, 6) is 4.37. The summed E-state index contributed by atoms with van der Waals surface area (Å²) >= 11 is 0. The summed E-state index contributed by atoms with van der Waals surface area (Å²) in [6, 6.07) is 0. The van der Waals surface area contributed by atoms with Crippen LogP contribution in [0.25, 0.3) is 0 Å². The van der Waals surface area contributed by atoms with Gasteiger partial charge >= 0.3 is 0 Å². The van der Waals surface area contributed by atoms with Crippen LogP contribution in [0.5, 0.6) is 0 Å². The van der Waals surface area contributed by atoms with E-state index in [4.69, 9.17) is 0 Å². The third-order valence-corrected chi connectivity index (χ3v) is 13.0. The Morgan fingerprint density at radius 2 is 1.52 bits per heavy atom. The van der Waals surface area contributed by atoms with E-state index < -0.39 is 0 Å². The topological polar surface area (TPSA) is 17.1 Å². The van der Waals surface area contributed by atoms with Gasteiger partial charge in [0.2, 0.25) is 0 Å². The summed E-state index contributed by atoms with van der Waals surface area (Å²) in [4.78, 5) is 12.8. The summed E-state index contributed by atoms with van der Waals surface area (Å²) in [6.07, 6.45) is 14.2. The first kappa shape index (κ1) is 22.2. The van der Waals surface area contributed by atoms with E-state index in [2.05, 4.69) is 61.5 Å². The Morgan fingerprint density at radius 1 is 0.839 bits per heavy atom. The van der Waals surface area contributed by atoms with Crippen molar-refractivity contribution in [2.24, 2.45) is 56.7 Å². The summed E-state index contributed by atoms with van der Waals surface area (Å²) in [5.41, 5.74) is 3.26. The van der Waals surface area contributed by atoms with Crippen LogP contribution in [0, 0.1) is 56.7 Å². The van der Waals surface area contributed by atoms with E-state index in [0.717, 1.165) is 36.5 Å². The third kappa shape index (κ3) is 2.53. The molecule has 0 aromatic carbocycles. The predicted molar refractivity (Wildman–Crippen MR) is 130 cm³/mol. The van der Waals surface area contributed by atoms with Crippen LogP contribution in [0.15, 0.2) is 11.6 Å². The van der Waals surface area contributed by atoms with Crippen LogP contribution < -0.4 is 0 Å². The monoisotopic (exact) mass is 424 g/mol. The Balaban J connectivity index is 1.56. The third-order valence-electron chi connectivity index (χ3n) is 13.0. The Hall–Kier alpha value is -0.590. The molecular formula is C30H48O. The van der Waals surface area contributed by atoms with E-state index in [9.17, 15) is 4.79 Å². The maximum atomic E-state index is 12.8. The molecule has 0 N–H and O–H groups in total. The van der Waals surface area contributed by atoms with E-state index in [1.54, 1.807) is 5.57 Å². The average Bonchev–Trinajstić information content (AvgIpc) is 3.05. The second kappa shape index (κ2) is 6.50. The number of hydrogen-bond acceptors (Lipinski definition) is 1. The van der Waals surface area contributed by atoms with E-state index >= 15 is 0 Å². The molecule has 0 amide bonds. The maximum absolute atomic E-state index is 12.8. The molecule has 31 heavy (non-hydrogen) atoms. The van der Waals surface area contributed by atoms with Crippen molar-refractivity contribution in [3.63, 3.8) is 0 Å². The Morgan fingerprint density at radius 3 is 2.19 bits per heavy atom. The lowest BCUT2D eigenvalue weighted by Crippen LogP contribution is -2.61. The predicted octanol–water partition coefficient (Wildman–Crippen LogP) is 8.23. The molecule has 0 radical (unpaired) electrons. The van der Waals surface area contributed by atoms with Gasteiger partial charge in [-0.2, -0.15) is 0 Å². The highest BCUT2D eigenvalue weighted by atomic mass is 16.1. The minimum absolute atomic E-state index is 0.151. The molecule has 0 unspecified atom stereocenters. The van der Waals surface area contributed by atoms with Gasteiger partial charge in [0.1, 0.15) is 5.78 Å². The van der Waals surface area contributed by atoms with Crippen molar-refractivity contribution in [1.29, 1.82) is 0 Å². The SMILES string of the molecule is CC(C)[C@H]1CC[C@@H]2[C@]1(C)CC[C@@]1(C)[C@H]3CC[C@H]4C(C)(C)C(=O)CC[C@@]4(C)C3=CC[C@@]21C. The van der Waals surface area contributed by atoms with Gasteiger partial charge in [-0.25, -0.2) is 0 Å². The Bertz CT molecular complexity index is 818. The number of ketones is 1. The van der Waals surface area contributed by atoms with Gasteiger partial charge in [-0.3, -0.25) is 4.79 Å². The first-order chi connectivity index (χ1) is 14.3. The van der Waals surface area contributed by atoms with E-state index in [1.807, 2.05) is 0 Å². The molecule has 5 aliphatic rings. The molecule has 0 heterocycles. The number of fused-ring (bicyclic) bond motifs is 7. The van der Waals surface area contributed by atoms with Gasteiger partial charge in [0.25, 0.3) is 0 Å². The van der Waals surface area contributed by atoms with Crippen molar-refractivity contribution < 1.29 is 4.79 Å². The fourth-order valence-corrected chi connectivity index (χ4v) is 11.1. The number of carbonyl (C=O) groups excluding carboxylic acids is 1. The normalized spacial score (nSPS) is 53.3. The molecular weight excluding hydrogens is 376 g/mol. The first-order valence-electron chi connectivity index (χ1n) is 13.6. The van der Waals surface area contributed by atoms with Crippen LogP contribution in [0.3, 0.4) is 0 Å². The zero-order chi connectivity index (χ0) is 22.6. The van der Waals surface area contributed by atoms with E-state index in [0.29, 0.717) is 27.9 Å². The van der Waals surface area contributed by atoms with Crippen molar-refractivity contribution in [1.82, 2.24) is 0 Å². The van der Waals surface area contributed by atoms with Crippen LogP contribution in [-0.4, -0.2) is 5.78 Å². The molecule has 1 nitrogen and oxygen atoms in total. The number of carbonyl (C=O) groups is 1. The Labute approximate surface area is 192 Å². The molecule has 0 aromatic heterocycles. The fourth-order valence-electron chi connectivity index (χ4n) is 11.1. The molecule has 0 aliphatic heterocycles. The standard InChI is InChI=1S/C30H48O/c1-19(2)20-9-12-24-28(20,6)17-18-29(7)22-10-11-23-26(3,4)25(31)14-15-27(23,5)21(22)13-16-30(24,29)8/h13,19-20,22-24H,9-12,14-18H2,1-8H3/t20-,22+,23+,24-,27+,28-,29+,30+/m1/s1. The lowest BCUT2D eigenvalue weighted by molar-refractivity contribution is -0.161. The molecule has 5 rings (SSSR count). The van der Waals surface area contributed by atoms with Crippen LogP contribution in [-0.2, 0) is 4.79 Å². The molecule has 0 saturated heterocycles. The van der Waals surface area contributed by atoms with Crippen LogP contribution >= 0.6 is 0 Å². The van der Waals surface area contributed by atoms with Gasteiger partial charge < -0.3 is 0 Å². The molecule has 8 atom stereocenters. The summed E-state index contributed by atoms with van der Waals surface area (Å²) in [7, 11) is 0. The molecule has 4 saturated carbocycles. The van der Waals surface area contributed by atoms with Crippen molar-refractivity contribution in [2.45, 2.75) is 113 Å². The second-order valence-electron chi connectivity index (χ2n) is 14.4. The highest BCUT2D eigenvalue weighted by Crippen LogP contribution is 2.76. The van der Waals surface area contributed by atoms with Crippen LogP contribution in [0.2, 0.25) is 0 Å². The molecule has 5 aliphatic carbocycles. The van der Waals surface area contributed by atoms with Crippen LogP contribution in [0.4, 0.5) is 0 Å². The summed E-state index contributed by atoms with van der Waals surface area (Å²) < 4.78 is 0. The van der Waals surface area contributed by atoms with Crippen molar-refractivity contribution >= 4 is 5.78 Å². The highest BCUT2D eigenvalue weighted by molar-refractivity contribution is 5.85. The Kier molecular flexibility index (Phi) is 4.66. The first-order valence-corrected chi connectivity index (χ1v) is 13.6. The summed E-state index contributed by atoms with van der Waals surface area (Å²) in [5, 5.41) is 0. The molecule has 1 heteroatoms. The van der Waals surface area contributed by atoms with Crippen LogP contribution in [0.1, 0.15) is 113 Å². The molecule has 4 fully saturated rings. The number of Topliss-reactive ketones (excluding diaryl/α,β-unsaturated/α-hetero) is 1. The van der Waals surface area contributed by atoms with E-state index in [1.165, 1.54) is 44.9 Å². The number of allylic oxidation sites excluding steroid dienone is 2. The minimum atomic E-state index is -0.151. The fraction of sp³-hybridized carbons (Fsp3) is 0.900. The van der Waals surface area contributed by atoms with Crippen molar-refractivity contribution in [3.8, 4) is 0 Å². The van der Waals surface area contributed by atoms with E-state index in [-0.39, 0.29) is 10.8 Å². The average molecular weight is 425 g/mol. The number of rotatable bonds is 1. The van der Waals surface area contributed by atoms with Crippen molar-refractivity contribution in [2.75, 3.05) is 0 Å². The van der Waals surface area contributed by atoms with Gasteiger partial charge in [0.05, 0.1) is 0 Å². The van der Waals surface area contributed by atoms with Crippen molar-refractivity contribution in [3.05, 3.63) is 11.6 Å². The minimum Gasteiger partial charge on any atom is -0.299 e. The second-order valence-corrected chi connectivity index (χ2v) is 14.4. The molecule has 174 valence electrons. The molecule has 0 bridgehead atoms. The largest absolute Gasteiger partial charge is 0.299 e. The summed E-state index contributed by atoms with van der Waals surface area (Å²) in [6.45, 7) is 20.1. The lowest BCUT2D eigenvalue weighted by atomic mass is 9.36. The molecule has 0 spiro atoms. The lowest BCUT2D eigenvalue weighted by Gasteiger charge is -2.68. The maximum Gasteiger partial charge on any atom is 0.138 e.